The van der Waals surface area contributed by atoms with Crippen molar-refractivity contribution in [2.75, 3.05) is 11.9 Å². The van der Waals surface area contributed by atoms with E-state index >= 15 is 0 Å². The van der Waals surface area contributed by atoms with Crippen molar-refractivity contribution < 1.29 is 18.4 Å². The highest BCUT2D eigenvalue weighted by molar-refractivity contribution is 6.07. The Balaban J connectivity index is 1.25. The standard InChI is InChI=1S/C22H15N3O4/c26-21(12-27-16-8-5-14(6-9-16)22-25-23-13-28-22)24-15-7-10-20-18(11-15)17-3-1-2-4-19(17)29-20/h1-11,13H,12H2,(H,24,26). The molecule has 1 amide bonds. The number of nitrogens with zero attached hydrogens (tertiary/aromatic N) is 2. The number of carbonyl (C=O) groups is 1. The molecule has 0 saturated carbocycles. The molecule has 7 nitrogen and oxygen atoms in total. The molecule has 0 bridgehead atoms. The van der Waals surface area contributed by atoms with Crippen molar-refractivity contribution in [1.29, 1.82) is 0 Å². The molecule has 5 aromatic rings. The van der Waals surface area contributed by atoms with E-state index in [0.717, 1.165) is 27.5 Å². The second kappa shape index (κ2) is 7.12. The molecular weight excluding hydrogens is 370 g/mol. The molecule has 0 fully saturated rings. The fourth-order valence-corrected chi connectivity index (χ4v) is 3.14. The first-order valence-electron chi connectivity index (χ1n) is 8.97. The molecule has 29 heavy (non-hydrogen) atoms. The van der Waals surface area contributed by atoms with Gasteiger partial charge in [0.1, 0.15) is 16.9 Å². The molecule has 7 heteroatoms. The van der Waals surface area contributed by atoms with E-state index in [1.54, 1.807) is 24.3 Å². The number of amides is 1. The van der Waals surface area contributed by atoms with Gasteiger partial charge in [-0.2, -0.15) is 0 Å². The van der Waals surface area contributed by atoms with E-state index in [-0.39, 0.29) is 12.5 Å². The lowest BCUT2D eigenvalue weighted by Gasteiger charge is -2.08. The molecule has 142 valence electrons. The Labute approximate surface area is 164 Å². The van der Waals surface area contributed by atoms with Crippen molar-refractivity contribution in [3.05, 3.63) is 73.1 Å². The van der Waals surface area contributed by atoms with Gasteiger partial charge >= 0.3 is 0 Å². The summed E-state index contributed by atoms with van der Waals surface area (Å²) >= 11 is 0. The molecule has 0 unspecified atom stereocenters. The number of hydrogen-bond acceptors (Lipinski definition) is 6. The third-order valence-corrected chi connectivity index (χ3v) is 4.49. The first kappa shape index (κ1) is 17.0. The molecule has 2 heterocycles. The quantitative estimate of drug-likeness (QED) is 0.473. The zero-order valence-corrected chi connectivity index (χ0v) is 15.2. The maximum Gasteiger partial charge on any atom is 0.262 e. The number of anilines is 1. The summed E-state index contributed by atoms with van der Waals surface area (Å²) in [5, 5.41) is 12.3. The van der Waals surface area contributed by atoms with Crippen LogP contribution in [-0.4, -0.2) is 22.7 Å². The molecule has 0 radical (unpaired) electrons. The topological polar surface area (TPSA) is 90.4 Å². The molecule has 0 aliphatic heterocycles. The van der Waals surface area contributed by atoms with Gasteiger partial charge < -0.3 is 18.9 Å². The normalized spacial score (nSPS) is 11.0. The van der Waals surface area contributed by atoms with Crippen molar-refractivity contribution in [2.24, 2.45) is 0 Å². The van der Waals surface area contributed by atoms with Gasteiger partial charge in [-0.25, -0.2) is 0 Å². The van der Waals surface area contributed by atoms with E-state index in [1.807, 2.05) is 42.5 Å². The Morgan fingerprint density at radius 1 is 0.966 bits per heavy atom. The summed E-state index contributed by atoms with van der Waals surface area (Å²) in [5.41, 5.74) is 3.06. The Bertz CT molecular complexity index is 1290. The molecule has 0 spiro atoms. The fraction of sp³-hybridized carbons (Fsp3) is 0.0455. The van der Waals surface area contributed by atoms with Gasteiger partial charge in [0.05, 0.1) is 0 Å². The number of para-hydroxylation sites is 1. The maximum atomic E-state index is 12.3. The Hall–Kier alpha value is -4.13. The smallest absolute Gasteiger partial charge is 0.262 e. The predicted octanol–water partition coefficient (Wildman–Crippen LogP) is 4.65. The summed E-state index contributed by atoms with van der Waals surface area (Å²) in [6, 6.07) is 20.4. The minimum atomic E-state index is -0.252. The molecule has 3 aromatic carbocycles. The van der Waals surface area contributed by atoms with Gasteiger partial charge in [-0.05, 0) is 48.5 Å². The SMILES string of the molecule is O=C(COc1ccc(-c2nnco2)cc1)Nc1ccc2oc3ccccc3c2c1. The molecular formula is C22H15N3O4. The van der Waals surface area contributed by atoms with Gasteiger partial charge in [0.25, 0.3) is 5.91 Å². The number of furan rings is 1. The van der Waals surface area contributed by atoms with Crippen LogP contribution in [-0.2, 0) is 4.79 Å². The summed E-state index contributed by atoms with van der Waals surface area (Å²) in [5.74, 6) is 0.745. The van der Waals surface area contributed by atoms with E-state index in [1.165, 1.54) is 6.39 Å². The lowest BCUT2D eigenvalue weighted by atomic mass is 10.1. The van der Waals surface area contributed by atoms with Crippen LogP contribution in [0, 0.1) is 0 Å². The van der Waals surface area contributed by atoms with Crippen molar-refractivity contribution in [2.45, 2.75) is 0 Å². The van der Waals surface area contributed by atoms with Crippen LogP contribution in [0.5, 0.6) is 5.75 Å². The maximum absolute atomic E-state index is 12.3. The molecule has 0 aliphatic carbocycles. The van der Waals surface area contributed by atoms with Gasteiger partial charge in [0.2, 0.25) is 12.3 Å². The molecule has 1 N–H and O–H groups in total. The number of carbonyl (C=O) groups excluding carboxylic acids is 1. The molecule has 5 rings (SSSR count). The zero-order valence-electron chi connectivity index (χ0n) is 15.2. The lowest BCUT2D eigenvalue weighted by Crippen LogP contribution is -2.20. The predicted molar refractivity (Wildman–Crippen MR) is 108 cm³/mol. The van der Waals surface area contributed by atoms with Gasteiger partial charge in [-0.3, -0.25) is 4.79 Å². The van der Waals surface area contributed by atoms with Crippen LogP contribution < -0.4 is 10.1 Å². The van der Waals surface area contributed by atoms with E-state index in [9.17, 15) is 4.79 Å². The number of fused-ring (bicyclic) bond motifs is 3. The van der Waals surface area contributed by atoms with E-state index in [2.05, 4.69) is 15.5 Å². The van der Waals surface area contributed by atoms with Crippen LogP contribution in [0.1, 0.15) is 0 Å². The summed E-state index contributed by atoms with van der Waals surface area (Å²) in [6.45, 7) is -0.107. The minimum absolute atomic E-state index is 0.107. The van der Waals surface area contributed by atoms with Crippen LogP contribution >= 0.6 is 0 Å². The van der Waals surface area contributed by atoms with Crippen LogP contribution in [0.2, 0.25) is 0 Å². The Morgan fingerprint density at radius 3 is 2.62 bits per heavy atom. The highest BCUT2D eigenvalue weighted by atomic mass is 16.5. The number of hydrogen-bond donors (Lipinski definition) is 1. The number of rotatable bonds is 5. The van der Waals surface area contributed by atoms with Gasteiger partial charge in [-0.15, -0.1) is 10.2 Å². The molecule has 2 aromatic heterocycles. The minimum Gasteiger partial charge on any atom is -0.484 e. The highest BCUT2D eigenvalue weighted by Gasteiger charge is 2.10. The largest absolute Gasteiger partial charge is 0.484 e. The highest BCUT2D eigenvalue weighted by Crippen LogP contribution is 2.30. The van der Waals surface area contributed by atoms with E-state index in [4.69, 9.17) is 13.6 Å². The summed E-state index contributed by atoms with van der Waals surface area (Å²) < 4.78 is 16.5. The van der Waals surface area contributed by atoms with Crippen LogP contribution in [0.4, 0.5) is 5.69 Å². The number of benzene rings is 3. The first-order valence-corrected chi connectivity index (χ1v) is 8.97. The monoisotopic (exact) mass is 385 g/mol. The summed E-state index contributed by atoms with van der Waals surface area (Å²) in [6.07, 6.45) is 1.27. The van der Waals surface area contributed by atoms with Crippen LogP contribution in [0.3, 0.4) is 0 Å². The van der Waals surface area contributed by atoms with Gasteiger partial charge in [0, 0.05) is 22.0 Å². The van der Waals surface area contributed by atoms with Gasteiger partial charge in [0.15, 0.2) is 6.61 Å². The van der Waals surface area contributed by atoms with Crippen molar-refractivity contribution in [3.8, 4) is 17.2 Å². The average molecular weight is 385 g/mol. The van der Waals surface area contributed by atoms with Gasteiger partial charge in [-0.1, -0.05) is 18.2 Å². The number of aromatic nitrogens is 2. The third kappa shape index (κ3) is 3.41. The van der Waals surface area contributed by atoms with Crippen LogP contribution in [0.25, 0.3) is 33.4 Å². The van der Waals surface area contributed by atoms with E-state index < -0.39 is 0 Å². The molecule has 0 saturated heterocycles. The average Bonchev–Trinajstić information content (AvgIpc) is 3.41. The number of ether oxygens (including phenoxy) is 1. The Morgan fingerprint density at radius 2 is 1.79 bits per heavy atom. The fourth-order valence-electron chi connectivity index (χ4n) is 3.14. The first-order chi connectivity index (χ1) is 14.3. The van der Waals surface area contributed by atoms with E-state index in [0.29, 0.717) is 17.3 Å². The third-order valence-electron chi connectivity index (χ3n) is 4.49. The molecule has 0 atom stereocenters. The molecule has 0 aliphatic rings. The van der Waals surface area contributed by atoms with Crippen LogP contribution in [0.15, 0.2) is 82.0 Å². The second-order valence-electron chi connectivity index (χ2n) is 6.41. The summed E-state index contributed by atoms with van der Waals surface area (Å²) in [7, 11) is 0. The second-order valence-corrected chi connectivity index (χ2v) is 6.41. The summed E-state index contributed by atoms with van der Waals surface area (Å²) in [4.78, 5) is 12.3. The zero-order chi connectivity index (χ0) is 19.6. The van der Waals surface area contributed by atoms with Crippen molar-refractivity contribution >= 4 is 33.5 Å². The number of nitrogens with one attached hydrogen (secondary N) is 1. The Kier molecular flexibility index (Phi) is 4.18. The van der Waals surface area contributed by atoms with Crippen molar-refractivity contribution in [3.63, 3.8) is 0 Å². The lowest BCUT2D eigenvalue weighted by molar-refractivity contribution is -0.118. The van der Waals surface area contributed by atoms with Crippen molar-refractivity contribution in [1.82, 2.24) is 10.2 Å².